The molecule has 0 saturated carbocycles. The molecule has 110 valence electrons. The second-order valence-electron chi connectivity index (χ2n) is 5.11. The minimum Gasteiger partial charge on any atom is -0.326 e. The number of hydrogen-bond acceptors (Lipinski definition) is 2. The van der Waals surface area contributed by atoms with Crippen LogP contribution in [0.2, 0.25) is 0 Å². The van der Waals surface area contributed by atoms with Gasteiger partial charge in [-0.3, -0.25) is 4.79 Å². The average Bonchev–Trinajstić information content (AvgIpc) is 2.82. The molecule has 1 aliphatic rings. The van der Waals surface area contributed by atoms with Crippen LogP contribution < -0.4 is 10.6 Å². The first-order chi connectivity index (χ1) is 9.36. The molecule has 0 radical (unpaired) electrons. The van der Waals surface area contributed by atoms with Crippen molar-refractivity contribution in [3.63, 3.8) is 0 Å². The first-order valence-corrected chi connectivity index (χ1v) is 6.54. The molecule has 0 spiro atoms. The molecule has 1 aromatic rings. The molecule has 1 saturated heterocycles. The van der Waals surface area contributed by atoms with Crippen LogP contribution in [0.15, 0.2) is 18.2 Å². The van der Waals surface area contributed by atoms with E-state index < -0.39 is 11.7 Å². The van der Waals surface area contributed by atoms with E-state index in [9.17, 15) is 18.0 Å². The van der Waals surface area contributed by atoms with Crippen molar-refractivity contribution in [2.24, 2.45) is 5.92 Å². The number of anilines is 1. The lowest BCUT2D eigenvalue weighted by Gasteiger charge is -2.16. The third kappa shape index (κ3) is 3.72. The van der Waals surface area contributed by atoms with Crippen LogP contribution in [0.4, 0.5) is 18.9 Å². The molecule has 1 amide bonds. The fourth-order valence-electron chi connectivity index (χ4n) is 2.44. The summed E-state index contributed by atoms with van der Waals surface area (Å²) in [6.07, 6.45) is -2.73. The van der Waals surface area contributed by atoms with E-state index in [1.54, 1.807) is 0 Å². The zero-order valence-electron chi connectivity index (χ0n) is 11.2. The molecule has 1 aromatic carbocycles. The maximum Gasteiger partial charge on any atom is 0.416 e. The highest BCUT2D eigenvalue weighted by molar-refractivity contribution is 5.89. The van der Waals surface area contributed by atoms with Crippen molar-refractivity contribution in [1.82, 2.24) is 5.32 Å². The van der Waals surface area contributed by atoms with Gasteiger partial charge in [0, 0.05) is 12.6 Å². The molecule has 3 nitrogen and oxygen atoms in total. The van der Waals surface area contributed by atoms with Crippen molar-refractivity contribution in [2.75, 3.05) is 18.4 Å². The normalized spacial score (nSPS) is 19.1. The Kier molecular flexibility index (Phi) is 4.32. The lowest BCUT2D eigenvalue weighted by Crippen LogP contribution is -2.15. The Hall–Kier alpha value is -1.56. The van der Waals surface area contributed by atoms with Crippen molar-refractivity contribution in [2.45, 2.75) is 25.9 Å². The second kappa shape index (κ2) is 5.83. The molecule has 2 N–H and O–H groups in total. The predicted octanol–water partition coefficient (Wildman–Crippen LogP) is 2.82. The third-order valence-electron chi connectivity index (χ3n) is 3.42. The zero-order valence-corrected chi connectivity index (χ0v) is 11.2. The van der Waals surface area contributed by atoms with Gasteiger partial charge in [-0.05, 0) is 49.5 Å². The first-order valence-electron chi connectivity index (χ1n) is 6.54. The van der Waals surface area contributed by atoms with Crippen LogP contribution in [0.1, 0.15) is 24.5 Å². The summed E-state index contributed by atoms with van der Waals surface area (Å²) in [5, 5.41) is 5.72. The molecule has 0 bridgehead atoms. The van der Waals surface area contributed by atoms with Gasteiger partial charge in [0.05, 0.1) is 5.56 Å². The molecule has 0 aliphatic carbocycles. The highest BCUT2D eigenvalue weighted by Gasteiger charge is 2.31. The summed E-state index contributed by atoms with van der Waals surface area (Å²) < 4.78 is 38.2. The lowest BCUT2D eigenvalue weighted by molar-refractivity contribution is -0.137. The Morgan fingerprint density at radius 1 is 1.45 bits per heavy atom. The standard InChI is InChI=1S/C14H17F3N2O/c1-9(20)19-13-7-12(14(15,16)17)3-2-11(13)6-10-4-5-18-8-10/h2-3,7,10,18H,4-6,8H2,1H3,(H,19,20). The summed E-state index contributed by atoms with van der Waals surface area (Å²) in [5.74, 6) is 0.0365. The van der Waals surface area contributed by atoms with Gasteiger partial charge in [0.15, 0.2) is 0 Å². The number of alkyl halides is 3. The van der Waals surface area contributed by atoms with Gasteiger partial charge >= 0.3 is 6.18 Å². The van der Waals surface area contributed by atoms with Crippen molar-refractivity contribution >= 4 is 11.6 Å². The number of benzene rings is 1. The van der Waals surface area contributed by atoms with Crippen molar-refractivity contribution in [3.05, 3.63) is 29.3 Å². The van der Waals surface area contributed by atoms with Gasteiger partial charge in [0.1, 0.15) is 0 Å². The Morgan fingerprint density at radius 3 is 2.75 bits per heavy atom. The predicted molar refractivity (Wildman–Crippen MR) is 70.4 cm³/mol. The number of carbonyl (C=O) groups is 1. The topological polar surface area (TPSA) is 41.1 Å². The van der Waals surface area contributed by atoms with Crippen molar-refractivity contribution < 1.29 is 18.0 Å². The third-order valence-corrected chi connectivity index (χ3v) is 3.42. The van der Waals surface area contributed by atoms with E-state index in [0.717, 1.165) is 37.2 Å². The average molecular weight is 286 g/mol. The number of rotatable bonds is 3. The summed E-state index contributed by atoms with van der Waals surface area (Å²) in [5.41, 5.74) is 0.274. The van der Waals surface area contributed by atoms with E-state index in [1.165, 1.54) is 13.0 Å². The minimum absolute atomic E-state index is 0.263. The molecular formula is C14H17F3N2O. The van der Waals surface area contributed by atoms with Crippen LogP contribution in [0, 0.1) is 5.92 Å². The van der Waals surface area contributed by atoms with Gasteiger partial charge in [-0.15, -0.1) is 0 Å². The molecule has 20 heavy (non-hydrogen) atoms. The maximum absolute atomic E-state index is 12.7. The van der Waals surface area contributed by atoms with Crippen LogP contribution in [-0.2, 0) is 17.4 Å². The Labute approximate surface area is 115 Å². The highest BCUT2D eigenvalue weighted by Crippen LogP contribution is 2.33. The van der Waals surface area contributed by atoms with Crippen LogP contribution in [-0.4, -0.2) is 19.0 Å². The summed E-state index contributed by atoms with van der Waals surface area (Å²) in [6.45, 7) is 3.09. The van der Waals surface area contributed by atoms with E-state index in [4.69, 9.17) is 0 Å². The molecule has 1 atom stereocenters. The Bertz CT molecular complexity index is 494. The summed E-state index contributed by atoms with van der Waals surface area (Å²) in [7, 11) is 0. The number of carbonyl (C=O) groups excluding carboxylic acids is 1. The molecule has 2 rings (SSSR count). The van der Waals surface area contributed by atoms with E-state index >= 15 is 0 Å². The maximum atomic E-state index is 12.7. The van der Waals surface area contributed by atoms with Crippen LogP contribution in [0.3, 0.4) is 0 Å². The molecule has 1 aliphatic heterocycles. The van der Waals surface area contributed by atoms with Gasteiger partial charge in [0.25, 0.3) is 0 Å². The minimum atomic E-state index is -4.40. The Morgan fingerprint density at radius 2 is 2.20 bits per heavy atom. The van der Waals surface area contributed by atoms with Crippen LogP contribution in [0.5, 0.6) is 0 Å². The fraction of sp³-hybridized carbons (Fsp3) is 0.500. The van der Waals surface area contributed by atoms with E-state index in [0.29, 0.717) is 12.3 Å². The molecule has 1 unspecified atom stereocenters. The highest BCUT2D eigenvalue weighted by atomic mass is 19.4. The SMILES string of the molecule is CC(=O)Nc1cc(C(F)(F)F)ccc1CC1CCNC1. The number of nitrogens with one attached hydrogen (secondary N) is 2. The second-order valence-corrected chi connectivity index (χ2v) is 5.11. The zero-order chi connectivity index (χ0) is 14.8. The largest absolute Gasteiger partial charge is 0.416 e. The van der Waals surface area contributed by atoms with Gasteiger partial charge < -0.3 is 10.6 Å². The van der Waals surface area contributed by atoms with E-state index in [1.807, 2.05) is 0 Å². The van der Waals surface area contributed by atoms with E-state index in [2.05, 4.69) is 10.6 Å². The van der Waals surface area contributed by atoms with Gasteiger partial charge in [-0.25, -0.2) is 0 Å². The summed E-state index contributed by atoms with van der Waals surface area (Å²) in [6, 6.07) is 3.55. The number of hydrogen-bond donors (Lipinski definition) is 2. The van der Waals surface area contributed by atoms with Crippen LogP contribution in [0.25, 0.3) is 0 Å². The molecular weight excluding hydrogens is 269 g/mol. The summed E-state index contributed by atoms with van der Waals surface area (Å²) >= 11 is 0. The van der Waals surface area contributed by atoms with Crippen molar-refractivity contribution in [3.8, 4) is 0 Å². The Balaban J connectivity index is 2.26. The molecule has 1 fully saturated rings. The fourth-order valence-corrected chi connectivity index (χ4v) is 2.44. The number of halogens is 3. The van der Waals surface area contributed by atoms with Crippen molar-refractivity contribution in [1.29, 1.82) is 0 Å². The van der Waals surface area contributed by atoms with Gasteiger partial charge in [0.2, 0.25) is 5.91 Å². The molecule has 1 heterocycles. The van der Waals surface area contributed by atoms with E-state index in [-0.39, 0.29) is 11.6 Å². The van der Waals surface area contributed by atoms with Crippen LogP contribution >= 0.6 is 0 Å². The van der Waals surface area contributed by atoms with Gasteiger partial charge in [-0.1, -0.05) is 6.07 Å². The molecule has 6 heteroatoms. The van der Waals surface area contributed by atoms with Gasteiger partial charge in [-0.2, -0.15) is 13.2 Å². The smallest absolute Gasteiger partial charge is 0.326 e. The number of amides is 1. The monoisotopic (exact) mass is 286 g/mol. The quantitative estimate of drug-likeness (QED) is 0.897. The molecule has 0 aromatic heterocycles. The first kappa shape index (κ1) is 14.8. The lowest BCUT2D eigenvalue weighted by atomic mass is 9.96. The summed E-state index contributed by atoms with van der Waals surface area (Å²) in [4.78, 5) is 11.2.